The number of carbonyl (C=O) groups excluding carboxylic acids is 1. The van der Waals surface area contributed by atoms with Gasteiger partial charge in [0.25, 0.3) is 0 Å². The molecule has 26 heavy (non-hydrogen) atoms. The lowest BCUT2D eigenvalue weighted by Gasteiger charge is -2.32. The van der Waals surface area contributed by atoms with Crippen LogP contribution in [0.1, 0.15) is 29.8 Å². The van der Waals surface area contributed by atoms with Crippen molar-refractivity contribution in [3.05, 3.63) is 41.2 Å². The van der Waals surface area contributed by atoms with Gasteiger partial charge in [-0.2, -0.15) is 13.2 Å². The van der Waals surface area contributed by atoms with Crippen LogP contribution in [0.4, 0.5) is 13.2 Å². The molecule has 0 spiro atoms. The van der Waals surface area contributed by atoms with Crippen molar-refractivity contribution in [1.29, 1.82) is 0 Å². The highest BCUT2D eigenvalue weighted by Crippen LogP contribution is 2.32. The summed E-state index contributed by atoms with van der Waals surface area (Å²) in [6.45, 7) is 2.67. The minimum absolute atomic E-state index is 0.0821. The summed E-state index contributed by atoms with van der Waals surface area (Å²) in [5, 5.41) is 7.34. The second-order valence-corrected chi connectivity index (χ2v) is 6.20. The zero-order valence-electron chi connectivity index (χ0n) is 14.1. The molecule has 2 heterocycles. The van der Waals surface area contributed by atoms with Crippen LogP contribution in [0.3, 0.4) is 0 Å². The summed E-state index contributed by atoms with van der Waals surface area (Å²) in [5.41, 5.74) is 0.359. The lowest BCUT2D eigenvalue weighted by molar-refractivity contribution is -0.138. The van der Waals surface area contributed by atoms with Gasteiger partial charge in [-0.1, -0.05) is 16.4 Å². The zero-order chi connectivity index (χ0) is 18.7. The number of hydrogen-bond acceptors (Lipinski definition) is 5. The number of alkyl halides is 3. The fraction of sp³-hybridized carbons (Fsp3) is 0.471. The highest BCUT2D eigenvalue weighted by atomic mass is 19.4. The minimum Gasteiger partial charge on any atom is -0.490 e. The number of aromatic nitrogens is 2. The van der Waals surface area contributed by atoms with Gasteiger partial charge in [0.2, 0.25) is 5.91 Å². The highest BCUT2D eigenvalue weighted by molar-refractivity contribution is 5.78. The minimum atomic E-state index is -4.40. The van der Waals surface area contributed by atoms with E-state index < -0.39 is 11.7 Å². The number of ether oxygens (including phenoxy) is 1. The van der Waals surface area contributed by atoms with Gasteiger partial charge in [-0.05, 0) is 25.1 Å². The summed E-state index contributed by atoms with van der Waals surface area (Å²) < 4.78 is 48.5. The van der Waals surface area contributed by atoms with E-state index in [2.05, 4.69) is 14.9 Å². The van der Waals surface area contributed by atoms with E-state index in [0.29, 0.717) is 37.3 Å². The first-order valence-electron chi connectivity index (χ1n) is 8.22. The number of halogens is 3. The molecule has 0 N–H and O–H groups in total. The van der Waals surface area contributed by atoms with Crippen molar-refractivity contribution < 1.29 is 27.3 Å². The first kappa shape index (κ1) is 18.2. The first-order valence-corrected chi connectivity index (χ1v) is 8.22. The number of piperidine rings is 1. The van der Waals surface area contributed by atoms with Crippen molar-refractivity contribution >= 4 is 5.91 Å². The van der Waals surface area contributed by atoms with E-state index in [-0.39, 0.29) is 24.2 Å². The van der Waals surface area contributed by atoms with Gasteiger partial charge in [0.15, 0.2) is 0 Å². The van der Waals surface area contributed by atoms with Crippen molar-refractivity contribution in [1.82, 2.24) is 15.2 Å². The van der Waals surface area contributed by atoms with E-state index in [1.165, 1.54) is 12.1 Å². The molecule has 140 valence electrons. The van der Waals surface area contributed by atoms with E-state index in [0.717, 1.165) is 12.1 Å². The predicted octanol–water partition coefficient (Wildman–Crippen LogP) is 3.01. The fourth-order valence-corrected chi connectivity index (χ4v) is 2.83. The predicted molar refractivity (Wildman–Crippen MR) is 84.4 cm³/mol. The van der Waals surface area contributed by atoms with Crippen molar-refractivity contribution in [2.24, 2.45) is 0 Å². The molecule has 0 radical (unpaired) electrons. The topological polar surface area (TPSA) is 68.5 Å². The van der Waals surface area contributed by atoms with Gasteiger partial charge in [-0.3, -0.25) is 4.79 Å². The lowest BCUT2D eigenvalue weighted by Crippen LogP contribution is -2.42. The molecule has 3 rings (SSSR count). The molecule has 0 aliphatic carbocycles. The Morgan fingerprint density at radius 2 is 2.04 bits per heavy atom. The smallest absolute Gasteiger partial charge is 0.416 e. The van der Waals surface area contributed by atoms with Gasteiger partial charge >= 0.3 is 6.18 Å². The number of amides is 1. The largest absolute Gasteiger partial charge is 0.490 e. The number of benzene rings is 1. The van der Waals surface area contributed by atoms with E-state index in [4.69, 9.17) is 4.74 Å². The molecule has 6 nitrogen and oxygen atoms in total. The SMILES string of the molecule is Cc1nonc1CC(=O)N1CCC(Oc2cccc(C(F)(F)F)c2)CC1. The third kappa shape index (κ3) is 4.33. The quantitative estimate of drug-likeness (QED) is 0.829. The van der Waals surface area contributed by atoms with Gasteiger partial charge in [0, 0.05) is 25.9 Å². The van der Waals surface area contributed by atoms with Crippen LogP contribution in [0.25, 0.3) is 0 Å². The Kier molecular flexibility index (Phi) is 5.15. The Balaban J connectivity index is 1.52. The Bertz CT molecular complexity index is 768. The van der Waals surface area contributed by atoms with E-state index >= 15 is 0 Å². The Labute approximate surface area is 147 Å². The molecule has 1 fully saturated rings. The second-order valence-electron chi connectivity index (χ2n) is 6.20. The first-order chi connectivity index (χ1) is 12.3. The average molecular weight is 369 g/mol. The monoisotopic (exact) mass is 369 g/mol. The molecule has 1 aromatic heterocycles. The Hall–Kier alpha value is -2.58. The number of nitrogens with zero attached hydrogens (tertiary/aromatic N) is 3. The molecule has 1 amide bonds. The van der Waals surface area contributed by atoms with Gasteiger partial charge in [0.05, 0.1) is 12.0 Å². The van der Waals surface area contributed by atoms with Gasteiger partial charge in [-0.25, -0.2) is 4.63 Å². The molecule has 1 aliphatic heterocycles. The molecular weight excluding hydrogens is 351 g/mol. The number of aryl methyl sites for hydroxylation is 1. The van der Waals surface area contributed by atoms with Crippen LogP contribution in [0.5, 0.6) is 5.75 Å². The molecule has 0 saturated carbocycles. The fourth-order valence-electron chi connectivity index (χ4n) is 2.83. The summed E-state index contributed by atoms with van der Waals surface area (Å²) in [6.07, 6.45) is -3.40. The number of rotatable bonds is 4. The molecule has 9 heteroatoms. The summed E-state index contributed by atoms with van der Waals surface area (Å²) in [7, 11) is 0. The van der Waals surface area contributed by atoms with Crippen LogP contribution >= 0.6 is 0 Å². The molecule has 1 aliphatic rings. The number of carbonyl (C=O) groups is 1. The summed E-state index contributed by atoms with van der Waals surface area (Å²) in [5.74, 6) is 0.107. The van der Waals surface area contributed by atoms with Crippen molar-refractivity contribution in [3.8, 4) is 5.75 Å². The van der Waals surface area contributed by atoms with E-state index in [1.54, 1.807) is 11.8 Å². The Morgan fingerprint density at radius 1 is 1.31 bits per heavy atom. The highest BCUT2D eigenvalue weighted by Gasteiger charge is 2.31. The third-order valence-corrected chi connectivity index (χ3v) is 4.32. The molecule has 0 bridgehead atoms. The molecule has 0 atom stereocenters. The zero-order valence-corrected chi connectivity index (χ0v) is 14.1. The standard InChI is InChI=1S/C17H18F3N3O3/c1-11-15(22-26-21-11)10-16(24)23-7-5-13(6-8-23)25-14-4-2-3-12(9-14)17(18,19)20/h2-4,9,13H,5-8,10H2,1H3. The molecule has 0 unspecified atom stereocenters. The lowest BCUT2D eigenvalue weighted by atomic mass is 10.1. The number of hydrogen-bond donors (Lipinski definition) is 0. The van der Waals surface area contributed by atoms with Crippen LogP contribution < -0.4 is 4.74 Å². The maximum absolute atomic E-state index is 12.8. The molecule has 1 aromatic carbocycles. The van der Waals surface area contributed by atoms with Gasteiger partial charge in [0.1, 0.15) is 23.2 Å². The van der Waals surface area contributed by atoms with Crippen LogP contribution in [0, 0.1) is 6.92 Å². The second kappa shape index (κ2) is 7.35. The maximum atomic E-state index is 12.8. The maximum Gasteiger partial charge on any atom is 0.416 e. The average Bonchev–Trinajstić information content (AvgIpc) is 3.00. The normalized spacial score (nSPS) is 15.9. The van der Waals surface area contributed by atoms with E-state index in [1.807, 2.05) is 0 Å². The van der Waals surface area contributed by atoms with Crippen LogP contribution in [-0.2, 0) is 17.4 Å². The van der Waals surface area contributed by atoms with Crippen molar-refractivity contribution in [3.63, 3.8) is 0 Å². The van der Waals surface area contributed by atoms with Gasteiger partial charge < -0.3 is 9.64 Å². The summed E-state index contributed by atoms with van der Waals surface area (Å²) >= 11 is 0. The summed E-state index contributed by atoms with van der Waals surface area (Å²) in [4.78, 5) is 14.0. The molecular formula is C17H18F3N3O3. The third-order valence-electron chi connectivity index (χ3n) is 4.32. The van der Waals surface area contributed by atoms with Crippen LogP contribution in [0.2, 0.25) is 0 Å². The van der Waals surface area contributed by atoms with Crippen molar-refractivity contribution in [2.75, 3.05) is 13.1 Å². The van der Waals surface area contributed by atoms with Crippen molar-refractivity contribution in [2.45, 2.75) is 38.5 Å². The van der Waals surface area contributed by atoms with Crippen LogP contribution in [0.15, 0.2) is 28.9 Å². The van der Waals surface area contributed by atoms with Crippen LogP contribution in [-0.4, -0.2) is 40.3 Å². The Morgan fingerprint density at radius 3 is 2.65 bits per heavy atom. The number of likely N-dealkylation sites (tertiary alicyclic amines) is 1. The molecule has 1 saturated heterocycles. The summed E-state index contributed by atoms with van der Waals surface area (Å²) in [6, 6.07) is 4.84. The molecule has 2 aromatic rings. The van der Waals surface area contributed by atoms with E-state index in [9.17, 15) is 18.0 Å². The van der Waals surface area contributed by atoms with Gasteiger partial charge in [-0.15, -0.1) is 0 Å².